The Bertz CT molecular complexity index is 391. The second kappa shape index (κ2) is 5.34. The maximum Gasteiger partial charge on any atom is 0.282 e. The minimum Gasteiger partial charge on any atom is -0.344 e. The van der Waals surface area contributed by atoms with Gasteiger partial charge in [0.15, 0.2) is 0 Å². The van der Waals surface area contributed by atoms with Crippen molar-refractivity contribution in [3.05, 3.63) is 30.3 Å². The first-order chi connectivity index (χ1) is 7.53. The molecule has 0 aromatic heterocycles. The van der Waals surface area contributed by atoms with Gasteiger partial charge >= 0.3 is 0 Å². The number of nitrogens with zero attached hydrogens (tertiary/aromatic N) is 1. The summed E-state index contributed by atoms with van der Waals surface area (Å²) in [7, 11) is 1.89. The molecule has 0 spiro atoms. The topological polar surface area (TPSA) is 38.0 Å². The van der Waals surface area contributed by atoms with Crippen molar-refractivity contribution >= 4 is 40.3 Å². The van der Waals surface area contributed by atoms with Crippen LogP contribution in [0, 0.1) is 0 Å². The van der Waals surface area contributed by atoms with E-state index >= 15 is 0 Å². The van der Waals surface area contributed by atoms with E-state index in [2.05, 4.69) is 5.32 Å². The van der Waals surface area contributed by atoms with Gasteiger partial charge in [-0.1, -0.05) is 18.2 Å². The molecule has 0 heterocycles. The van der Waals surface area contributed by atoms with E-state index in [4.69, 9.17) is 30.2 Å². The standard InChI is InChI=1S/C11H15N3S2/c1-3-13-11(16)14(2,10(12)15)9-7-5-4-6-8-9/h4-8H,3H2,1-2H3,(H2-,12,13,15,16)/p+1. The Balaban J connectivity index is 3.17. The Morgan fingerprint density at radius 1 is 1.31 bits per heavy atom. The summed E-state index contributed by atoms with van der Waals surface area (Å²) >= 11 is 10.5. The van der Waals surface area contributed by atoms with E-state index in [9.17, 15) is 0 Å². The lowest BCUT2D eigenvalue weighted by atomic mass is 10.2. The fourth-order valence-electron chi connectivity index (χ4n) is 1.38. The normalized spacial score (nSPS) is 13.9. The monoisotopic (exact) mass is 254 g/mol. The van der Waals surface area contributed by atoms with Gasteiger partial charge in [0.1, 0.15) is 5.69 Å². The second-order valence-corrected chi connectivity index (χ2v) is 4.32. The number of thiocarbonyl (C=S) groups is 2. The van der Waals surface area contributed by atoms with Crippen LogP contribution >= 0.6 is 24.4 Å². The van der Waals surface area contributed by atoms with Crippen LogP contribution in [0.15, 0.2) is 30.3 Å². The number of rotatable bonds is 2. The molecule has 1 atom stereocenters. The first-order valence-electron chi connectivity index (χ1n) is 5.04. The second-order valence-electron chi connectivity index (χ2n) is 3.52. The van der Waals surface area contributed by atoms with E-state index in [1.807, 2.05) is 44.3 Å². The molecule has 0 fully saturated rings. The molecule has 0 amide bonds. The molecule has 3 nitrogen and oxygen atoms in total. The predicted molar refractivity (Wildman–Crippen MR) is 77.2 cm³/mol. The maximum atomic E-state index is 5.81. The van der Waals surface area contributed by atoms with Gasteiger partial charge in [0.2, 0.25) is 0 Å². The number of hydrogen-bond acceptors (Lipinski definition) is 2. The number of quaternary nitrogens is 1. The fraction of sp³-hybridized carbons (Fsp3) is 0.273. The third-order valence-corrected chi connectivity index (χ3v) is 3.32. The van der Waals surface area contributed by atoms with Gasteiger partial charge in [-0.15, -0.1) is 0 Å². The van der Waals surface area contributed by atoms with Gasteiger partial charge in [0, 0.05) is 43.1 Å². The molecule has 0 aliphatic rings. The highest BCUT2D eigenvalue weighted by atomic mass is 32.1. The Labute approximate surface area is 107 Å². The van der Waals surface area contributed by atoms with Gasteiger partial charge in [-0.05, 0) is 6.92 Å². The van der Waals surface area contributed by atoms with Crippen LogP contribution in [0.25, 0.3) is 0 Å². The summed E-state index contributed by atoms with van der Waals surface area (Å²) in [6.07, 6.45) is 0. The van der Waals surface area contributed by atoms with E-state index in [0.717, 1.165) is 12.2 Å². The minimum atomic E-state index is 0.166. The van der Waals surface area contributed by atoms with E-state index in [1.165, 1.54) is 0 Å². The van der Waals surface area contributed by atoms with Gasteiger partial charge in [0.05, 0.1) is 7.05 Å². The first-order valence-corrected chi connectivity index (χ1v) is 5.85. The van der Waals surface area contributed by atoms with Crippen LogP contribution in [0.2, 0.25) is 0 Å². The average molecular weight is 254 g/mol. The SMILES string of the molecule is CCNC(=S)[N+](C)(C(N)=S)c1ccccc1. The van der Waals surface area contributed by atoms with Crippen molar-refractivity contribution < 1.29 is 0 Å². The molecule has 1 unspecified atom stereocenters. The van der Waals surface area contributed by atoms with E-state index in [-0.39, 0.29) is 4.48 Å². The zero-order chi connectivity index (χ0) is 12.2. The van der Waals surface area contributed by atoms with Gasteiger partial charge < -0.3 is 11.1 Å². The Kier molecular flexibility index (Phi) is 4.35. The van der Waals surface area contributed by atoms with Crippen LogP contribution in [0.5, 0.6) is 0 Å². The van der Waals surface area contributed by atoms with Crippen molar-refractivity contribution in [1.82, 2.24) is 9.80 Å². The van der Waals surface area contributed by atoms with Gasteiger partial charge in [-0.2, -0.15) is 4.48 Å². The molecular weight excluding hydrogens is 238 g/mol. The Morgan fingerprint density at radius 2 is 1.88 bits per heavy atom. The van der Waals surface area contributed by atoms with Gasteiger partial charge in [-0.25, -0.2) is 0 Å². The highest BCUT2D eigenvalue weighted by molar-refractivity contribution is 7.82. The molecule has 1 aromatic rings. The van der Waals surface area contributed by atoms with Crippen LogP contribution < -0.4 is 15.5 Å². The molecule has 0 bridgehead atoms. The van der Waals surface area contributed by atoms with E-state index in [1.54, 1.807) is 0 Å². The molecular formula is C11H16N3S2+. The number of benzene rings is 1. The van der Waals surface area contributed by atoms with E-state index < -0.39 is 0 Å². The molecule has 86 valence electrons. The Hall–Kier alpha value is -1.04. The lowest BCUT2D eigenvalue weighted by molar-refractivity contribution is 0.689. The van der Waals surface area contributed by atoms with Crippen molar-refractivity contribution in [1.29, 1.82) is 0 Å². The number of para-hydroxylation sites is 1. The van der Waals surface area contributed by atoms with Crippen LogP contribution in [0.4, 0.5) is 5.69 Å². The largest absolute Gasteiger partial charge is 0.344 e. The van der Waals surface area contributed by atoms with Gasteiger partial charge in [0.25, 0.3) is 10.2 Å². The van der Waals surface area contributed by atoms with Crippen molar-refractivity contribution in [2.45, 2.75) is 6.92 Å². The lowest BCUT2D eigenvalue weighted by Gasteiger charge is -2.30. The zero-order valence-corrected chi connectivity index (χ0v) is 11.1. The highest BCUT2D eigenvalue weighted by Gasteiger charge is 2.34. The number of nitrogens with two attached hydrogens (primary N) is 1. The number of nitrogens with one attached hydrogen (secondary N) is 1. The van der Waals surface area contributed by atoms with Crippen LogP contribution in [0.3, 0.4) is 0 Å². The first kappa shape index (κ1) is 13.0. The van der Waals surface area contributed by atoms with Crippen LogP contribution in [0.1, 0.15) is 6.92 Å². The molecule has 5 heteroatoms. The Morgan fingerprint density at radius 3 is 2.31 bits per heavy atom. The van der Waals surface area contributed by atoms with Crippen molar-refractivity contribution in [3.8, 4) is 0 Å². The third-order valence-electron chi connectivity index (χ3n) is 2.45. The molecule has 3 N–H and O–H groups in total. The highest BCUT2D eigenvalue weighted by Crippen LogP contribution is 2.20. The summed E-state index contributed by atoms with van der Waals surface area (Å²) in [5.74, 6) is 0. The predicted octanol–water partition coefficient (Wildman–Crippen LogP) is 1.76. The zero-order valence-electron chi connectivity index (χ0n) is 9.43. The molecule has 0 saturated heterocycles. The third kappa shape index (κ3) is 2.37. The van der Waals surface area contributed by atoms with Crippen molar-refractivity contribution in [2.24, 2.45) is 5.73 Å². The quantitative estimate of drug-likeness (QED) is 0.623. The summed E-state index contributed by atoms with van der Waals surface area (Å²) in [6.45, 7) is 2.74. The lowest BCUT2D eigenvalue weighted by Crippen LogP contribution is -2.61. The number of hydrogen-bond donors (Lipinski definition) is 2. The molecule has 1 aromatic carbocycles. The molecule has 0 aliphatic heterocycles. The summed E-state index contributed by atoms with van der Waals surface area (Å²) in [5.41, 5.74) is 6.77. The summed E-state index contributed by atoms with van der Waals surface area (Å²) < 4.78 is 0.166. The van der Waals surface area contributed by atoms with E-state index in [0.29, 0.717) is 10.2 Å². The maximum absolute atomic E-state index is 5.81. The van der Waals surface area contributed by atoms with Crippen molar-refractivity contribution in [3.63, 3.8) is 0 Å². The summed E-state index contributed by atoms with van der Waals surface area (Å²) in [6, 6.07) is 9.76. The van der Waals surface area contributed by atoms with Crippen molar-refractivity contribution in [2.75, 3.05) is 13.6 Å². The average Bonchev–Trinajstić information content (AvgIpc) is 2.29. The summed E-state index contributed by atoms with van der Waals surface area (Å²) in [4.78, 5) is 0. The molecule has 1 rings (SSSR count). The van der Waals surface area contributed by atoms with Crippen LogP contribution in [-0.4, -0.2) is 23.8 Å². The van der Waals surface area contributed by atoms with Gasteiger partial charge in [-0.3, -0.25) is 0 Å². The smallest absolute Gasteiger partial charge is 0.282 e. The fourth-order valence-corrected chi connectivity index (χ4v) is 1.98. The molecule has 0 aliphatic carbocycles. The minimum absolute atomic E-state index is 0.166. The van der Waals surface area contributed by atoms with Crippen LogP contribution in [-0.2, 0) is 0 Å². The molecule has 0 saturated carbocycles. The molecule has 16 heavy (non-hydrogen) atoms. The molecule has 0 radical (unpaired) electrons. The summed E-state index contributed by atoms with van der Waals surface area (Å²) in [5, 5.41) is 4.05.